The van der Waals surface area contributed by atoms with Crippen LogP contribution in [0.2, 0.25) is 10.0 Å². The second-order valence-electron chi connectivity index (χ2n) is 5.99. The van der Waals surface area contributed by atoms with E-state index in [2.05, 4.69) is 5.10 Å². The number of sulfonamides is 1. The van der Waals surface area contributed by atoms with Gasteiger partial charge in [0.15, 0.2) is 0 Å². The van der Waals surface area contributed by atoms with Crippen molar-refractivity contribution >= 4 is 39.1 Å². The molecule has 1 aromatic heterocycles. The molecule has 10 heteroatoms. The molecule has 0 atom stereocenters. The summed E-state index contributed by atoms with van der Waals surface area (Å²) in [4.78, 5) is 14.1. The Balaban J connectivity index is 2.41. The van der Waals surface area contributed by atoms with Gasteiger partial charge < -0.3 is 4.90 Å². The standard InChI is InChI=1S/C17H22Cl2N4O3S/c1-5-23(6-2)27(25,26)16-9-13(14(18)10-15(16)19)17(24)21(3)11-12-7-8-22(4)20-12/h7-10H,5-6,11H2,1-4H3. The highest BCUT2D eigenvalue weighted by Crippen LogP contribution is 2.31. The Hall–Kier alpha value is -1.61. The van der Waals surface area contributed by atoms with Crippen LogP contribution in [0.5, 0.6) is 0 Å². The molecule has 0 saturated heterocycles. The third-order valence-electron chi connectivity index (χ3n) is 4.09. The Morgan fingerprint density at radius 3 is 2.33 bits per heavy atom. The predicted molar refractivity (Wildman–Crippen MR) is 106 cm³/mol. The molecule has 0 N–H and O–H groups in total. The van der Waals surface area contributed by atoms with Gasteiger partial charge in [-0.25, -0.2) is 8.42 Å². The number of halogens is 2. The summed E-state index contributed by atoms with van der Waals surface area (Å²) in [5.41, 5.74) is 0.777. The average Bonchev–Trinajstić information content (AvgIpc) is 2.99. The van der Waals surface area contributed by atoms with Crippen LogP contribution in [0.4, 0.5) is 0 Å². The van der Waals surface area contributed by atoms with Crippen LogP contribution in [-0.2, 0) is 23.6 Å². The van der Waals surface area contributed by atoms with Crippen LogP contribution < -0.4 is 0 Å². The predicted octanol–water partition coefficient (Wildman–Crippen LogP) is 3.03. The number of rotatable bonds is 7. The maximum absolute atomic E-state index is 12.8. The topological polar surface area (TPSA) is 75.5 Å². The molecule has 1 aromatic carbocycles. The van der Waals surface area contributed by atoms with Crippen LogP contribution in [-0.4, -0.2) is 53.4 Å². The SMILES string of the molecule is CCN(CC)S(=O)(=O)c1cc(C(=O)N(C)Cc2ccn(C)n2)c(Cl)cc1Cl. The summed E-state index contributed by atoms with van der Waals surface area (Å²) >= 11 is 12.3. The zero-order chi connectivity index (χ0) is 20.4. The molecule has 0 spiro atoms. The first-order valence-electron chi connectivity index (χ1n) is 8.35. The first-order valence-corrected chi connectivity index (χ1v) is 10.5. The molecule has 0 radical (unpaired) electrons. The van der Waals surface area contributed by atoms with Crippen molar-refractivity contribution in [2.45, 2.75) is 25.3 Å². The number of aromatic nitrogens is 2. The lowest BCUT2D eigenvalue weighted by molar-refractivity contribution is 0.0783. The van der Waals surface area contributed by atoms with Gasteiger partial charge in [0.05, 0.1) is 27.8 Å². The van der Waals surface area contributed by atoms with E-state index >= 15 is 0 Å². The molecular formula is C17H22Cl2N4O3S. The van der Waals surface area contributed by atoms with E-state index in [0.29, 0.717) is 18.8 Å². The molecule has 148 valence electrons. The Morgan fingerprint density at radius 2 is 1.81 bits per heavy atom. The lowest BCUT2D eigenvalue weighted by Crippen LogP contribution is -2.31. The third-order valence-corrected chi connectivity index (χ3v) is 6.92. The summed E-state index contributed by atoms with van der Waals surface area (Å²) in [6, 6.07) is 4.33. The van der Waals surface area contributed by atoms with Crippen LogP contribution in [0.25, 0.3) is 0 Å². The highest BCUT2D eigenvalue weighted by Gasteiger charge is 2.28. The minimum absolute atomic E-state index is 0.0178. The van der Waals surface area contributed by atoms with Crippen LogP contribution in [0.15, 0.2) is 29.3 Å². The monoisotopic (exact) mass is 432 g/mol. The van der Waals surface area contributed by atoms with Gasteiger partial charge in [-0.05, 0) is 18.2 Å². The minimum Gasteiger partial charge on any atom is -0.336 e. The number of aryl methyl sites for hydroxylation is 1. The Kier molecular flexibility index (Phi) is 6.91. The van der Waals surface area contributed by atoms with Gasteiger partial charge in [0.1, 0.15) is 4.90 Å². The summed E-state index contributed by atoms with van der Waals surface area (Å²) in [6.07, 6.45) is 1.78. The molecule has 2 aromatic rings. The Labute approximate surface area is 169 Å². The van der Waals surface area contributed by atoms with Gasteiger partial charge in [-0.1, -0.05) is 37.0 Å². The number of amides is 1. The van der Waals surface area contributed by atoms with Crippen molar-refractivity contribution in [3.8, 4) is 0 Å². The molecule has 27 heavy (non-hydrogen) atoms. The van der Waals surface area contributed by atoms with Gasteiger partial charge in [-0.3, -0.25) is 9.48 Å². The second kappa shape index (κ2) is 8.60. The fraction of sp³-hybridized carbons (Fsp3) is 0.412. The third kappa shape index (κ3) is 4.63. The van der Waals surface area contributed by atoms with Gasteiger partial charge in [-0.2, -0.15) is 9.40 Å². The van der Waals surface area contributed by atoms with E-state index < -0.39 is 15.9 Å². The average molecular weight is 433 g/mol. The summed E-state index contributed by atoms with van der Waals surface area (Å²) in [6.45, 7) is 4.31. The molecule has 0 aliphatic carbocycles. The van der Waals surface area contributed by atoms with Gasteiger partial charge in [0, 0.05) is 33.4 Å². The van der Waals surface area contributed by atoms with Gasteiger partial charge in [0.25, 0.3) is 5.91 Å². The van der Waals surface area contributed by atoms with E-state index in [1.54, 1.807) is 44.9 Å². The molecule has 2 rings (SSSR count). The lowest BCUT2D eigenvalue weighted by Gasteiger charge is -2.21. The van der Waals surface area contributed by atoms with Crippen molar-refractivity contribution < 1.29 is 13.2 Å². The summed E-state index contributed by atoms with van der Waals surface area (Å²) < 4.78 is 28.6. The van der Waals surface area contributed by atoms with E-state index in [0.717, 1.165) is 0 Å². The van der Waals surface area contributed by atoms with Crippen LogP contribution >= 0.6 is 23.2 Å². The number of carbonyl (C=O) groups is 1. The number of hydrogen-bond donors (Lipinski definition) is 0. The fourth-order valence-corrected chi connectivity index (χ4v) is 4.95. The highest BCUT2D eigenvalue weighted by molar-refractivity contribution is 7.89. The smallest absolute Gasteiger partial charge is 0.255 e. The summed E-state index contributed by atoms with van der Waals surface area (Å²) in [5.74, 6) is -0.418. The second-order valence-corrected chi connectivity index (χ2v) is 8.71. The molecule has 0 aliphatic rings. The molecule has 7 nitrogen and oxygen atoms in total. The van der Waals surface area contributed by atoms with Gasteiger partial charge in [0.2, 0.25) is 10.0 Å². The van der Waals surface area contributed by atoms with Crippen molar-refractivity contribution in [1.29, 1.82) is 0 Å². The lowest BCUT2D eigenvalue weighted by atomic mass is 10.2. The van der Waals surface area contributed by atoms with Crippen molar-refractivity contribution in [3.63, 3.8) is 0 Å². The highest BCUT2D eigenvalue weighted by atomic mass is 35.5. The summed E-state index contributed by atoms with van der Waals surface area (Å²) in [5, 5.41) is 4.31. The molecule has 0 bridgehead atoms. The molecular weight excluding hydrogens is 411 g/mol. The first-order chi connectivity index (χ1) is 12.6. The van der Waals surface area contributed by atoms with E-state index in [4.69, 9.17) is 23.2 Å². The van der Waals surface area contributed by atoms with Crippen LogP contribution in [0.1, 0.15) is 29.9 Å². The van der Waals surface area contributed by atoms with E-state index in [1.807, 2.05) is 0 Å². The van der Waals surface area contributed by atoms with E-state index in [-0.39, 0.29) is 27.0 Å². The zero-order valence-corrected chi connectivity index (χ0v) is 17.9. The number of benzene rings is 1. The maximum atomic E-state index is 12.8. The van der Waals surface area contributed by atoms with E-state index in [1.165, 1.54) is 21.3 Å². The summed E-state index contributed by atoms with van der Waals surface area (Å²) in [7, 11) is -0.448. The van der Waals surface area contributed by atoms with Crippen molar-refractivity contribution in [3.05, 3.63) is 45.7 Å². The number of carbonyl (C=O) groups excluding carboxylic acids is 1. The first kappa shape index (κ1) is 21.7. The van der Waals surface area contributed by atoms with Gasteiger partial charge in [-0.15, -0.1) is 0 Å². The molecule has 0 unspecified atom stereocenters. The normalized spacial score (nSPS) is 11.8. The van der Waals surface area contributed by atoms with Gasteiger partial charge >= 0.3 is 0 Å². The molecule has 0 aliphatic heterocycles. The van der Waals surface area contributed by atoms with E-state index in [9.17, 15) is 13.2 Å². The number of nitrogens with zero attached hydrogens (tertiary/aromatic N) is 4. The zero-order valence-electron chi connectivity index (χ0n) is 15.6. The largest absolute Gasteiger partial charge is 0.336 e. The molecule has 0 saturated carbocycles. The Bertz CT molecular complexity index is 940. The van der Waals surface area contributed by atoms with Crippen molar-refractivity contribution in [2.75, 3.05) is 20.1 Å². The molecule has 1 amide bonds. The van der Waals surface area contributed by atoms with Crippen molar-refractivity contribution in [2.24, 2.45) is 7.05 Å². The van der Waals surface area contributed by atoms with Crippen molar-refractivity contribution in [1.82, 2.24) is 19.0 Å². The molecule has 0 fully saturated rings. The molecule has 1 heterocycles. The fourth-order valence-electron chi connectivity index (χ4n) is 2.66. The van der Waals surface area contributed by atoms with Crippen LogP contribution in [0, 0.1) is 0 Å². The maximum Gasteiger partial charge on any atom is 0.255 e. The minimum atomic E-state index is -3.83. The van der Waals surface area contributed by atoms with Crippen LogP contribution in [0.3, 0.4) is 0 Å². The quantitative estimate of drug-likeness (QED) is 0.673. The Morgan fingerprint density at radius 1 is 1.19 bits per heavy atom. The number of hydrogen-bond acceptors (Lipinski definition) is 4.